The molecule has 0 saturated carbocycles. The zero-order chi connectivity index (χ0) is 29.0. The summed E-state index contributed by atoms with van der Waals surface area (Å²) >= 11 is 0. The molecule has 0 aliphatic rings. The van der Waals surface area contributed by atoms with Crippen LogP contribution in [-0.2, 0) is 23.2 Å². The highest BCUT2D eigenvalue weighted by Gasteiger charge is 2.24. The van der Waals surface area contributed by atoms with Crippen molar-refractivity contribution in [2.24, 2.45) is 0 Å². The lowest BCUT2D eigenvalue weighted by Crippen LogP contribution is -2.31. The molecule has 208 valence electrons. The Hall–Kier alpha value is -4.74. The van der Waals surface area contributed by atoms with Gasteiger partial charge in [0, 0.05) is 35.7 Å². The van der Waals surface area contributed by atoms with Crippen molar-refractivity contribution in [2.75, 3.05) is 0 Å². The SMILES string of the molecule is C=CC(=O)N[C@H](C)C(F)=CCc1nc2nccc(-c3ccc(CNC(=O)c4nc(C(C)(C)C)no4)c(F)c3)c2[nH]1. The first kappa shape index (κ1) is 28.3. The number of hydrogen-bond donors (Lipinski definition) is 3. The molecule has 3 N–H and O–H groups in total. The largest absolute Gasteiger partial charge is 0.344 e. The topological polar surface area (TPSA) is 139 Å². The lowest BCUT2D eigenvalue weighted by molar-refractivity contribution is -0.116. The second-order valence-corrected chi connectivity index (χ2v) is 10.1. The third-order valence-corrected chi connectivity index (χ3v) is 5.98. The van der Waals surface area contributed by atoms with Crippen molar-refractivity contribution in [1.82, 2.24) is 35.7 Å². The predicted molar refractivity (Wildman–Crippen MR) is 144 cm³/mol. The van der Waals surface area contributed by atoms with Crippen LogP contribution in [0.5, 0.6) is 0 Å². The van der Waals surface area contributed by atoms with Gasteiger partial charge < -0.3 is 20.1 Å². The smallest absolute Gasteiger partial charge is 0.315 e. The summed E-state index contributed by atoms with van der Waals surface area (Å²) in [5.74, 6) is -1.48. The van der Waals surface area contributed by atoms with Crippen LogP contribution in [0.2, 0.25) is 0 Å². The number of halogens is 2. The maximum Gasteiger partial charge on any atom is 0.315 e. The lowest BCUT2D eigenvalue weighted by Gasteiger charge is -2.10. The number of hydrogen-bond acceptors (Lipinski definition) is 7. The summed E-state index contributed by atoms with van der Waals surface area (Å²) in [6.07, 6.45) is 4.06. The lowest BCUT2D eigenvalue weighted by atomic mass is 9.96. The second-order valence-electron chi connectivity index (χ2n) is 10.1. The van der Waals surface area contributed by atoms with Crippen LogP contribution in [0.4, 0.5) is 8.78 Å². The van der Waals surface area contributed by atoms with E-state index in [0.717, 1.165) is 6.08 Å². The van der Waals surface area contributed by atoms with Crippen LogP contribution in [0.3, 0.4) is 0 Å². The van der Waals surface area contributed by atoms with E-state index < -0.39 is 29.5 Å². The average Bonchev–Trinajstić information content (AvgIpc) is 3.58. The Morgan fingerprint density at radius 3 is 2.67 bits per heavy atom. The Bertz CT molecular complexity index is 1600. The first-order chi connectivity index (χ1) is 19.0. The van der Waals surface area contributed by atoms with E-state index in [-0.39, 0.29) is 29.8 Å². The molecule has 0 unspecified atom stereocenters. The minimum Gasteiger partial charge on any atom is -0.344 e. The molecule has 0 saturated heterocycles. The van der Waals surface area contributed by atoms with Gasteiger partial charge in [-0.15, -0.1) is 0 Å². The number of carbonyl (C=O) groups excluding carboxylic acids is 2. The molecule has 0 fully saturated rings. The van der Waals surface area contributed by atoms with Crippen LogP contribution in [0, 0.1) is 5.82 Å². The second kappa shape index (κ2) is 11.6. The van der Waals surface area contributed by atoms with Crippen molar-refractivity contribution in [1.29, 1.82) is 0 Å². The summed E-state index contributed by atoms with van der Waals surface area (Å²) in [5.41, 5.74) is 2.04. The number of pyridine rings is 1. The molecule has 2 amide bonds. The number of imidazole rings is 1. The normalized spacial score (nSPS) is 12.8. The molecule has 0 aliphatic heterocycles. The third kappa shape index (κ3) is 6.45. The van der Waals surface area contributed by atoms with E-state index >= 15 is 4.39 Å². The Morgan fingerprint density at radius 1 is 1.23 bits per heavy atom. The minimum atomic E-state index is -0.817. The molecule has 3 heterocycles. The average molecular weight is 550 g/mol. The summed E-state index contributed by atoms with van der Waals surface area (Å²) in [5, 5.41) is 8.86. The van der Waals surface area contributed by atoms with Gasteiger partial charge in [-0.2, -0.15) is 4.98 Å². The molecular weight excluding hydrogens is 520 g/mol. The maximum atomic E-state index is 15.0. The minimum absolute atomic E-state index is 0.0816. The number of nitrogens with one attached hydrogen (secondary N) is 3. The Labute approximate surface area is 229 Å². The number of H-pyrrole nitrogens is 1. The fourth-order valence-electron chi connectivity index (χ4n) is 3.74. The predicted octanol–water partition coefficient (Wildman–Crippen LogP) is 4.46. The summed E-state index contributed by atoms with van der Waals surface area (Å²) in [4.78, 5) is 39.7. The number of aromatic amines is 1. The molecule has 4 aromatic rings. The summed E-state index contributed by atoms with van der Waals surface area (Å²) in [7, 11) is 0. The highest BCUT2D eigenvalue weighted by atomic mass is 19.1. The number of benzene rings is 1. The molecular formula is C28H29F2N7O3. The van der Waals surface area contributed by atoms with Gasteiger partial charge in [-0.05, 0) is 36.8 Å². The Balaban J connectivity index is 1.47. The molecule has 4 rings (SSSR count). The van der Waals surface area contributed by atoms with Crippen LogP contribution < -0.4 is 10.6 Å². The zero-order valence-corrected chi connectivity index (χ0v) is 22.5. The standard InChI is InChI=1S/C28H29F2N7O3/c1-6-22(38)33-15(2)19(29)9-10-21-34-23-18(11-12-31-24(23)35-21)16-7-8-17(20(30)13-16)14-32-25(39)26-36-27(37-40-26)28(3,4)5/h6-9,11-13,15H,1,10,14H2,2-5H3,(H,32,39)(H,33,38)(H,31,34,35)/t15-/m1/s1. The summed E-state index contributed by atoms with van der Waals surface area (Å²) < 4.78 is 34.4. The summed E-state index contributed by atoms with van der Waals surface area (Å²) in [6, 6.07) is 5.54. The van der Waals surface area contributed by atoms with E-state index in [0.29, 0.717) is 33.9 Å². The van der Waals surface area contributed by atoms with Crippen LogP contribution in [0.25, 0.3) is 22.3 Å². The van der Waals surface area contributed by atoms with E-state index in [1.54, 1.807) is 24.4 Å². The highest BCUT2D eigenvalue weighted by Crippen LogP contribution is 2.28. The Morgan fingerprint density at radius 2 is 2.00 bits per heavy atom. The maximum absolute atomic E-state index is 15.0. The molecule has 0 aliphatic carbocycles. The van der Waals surface area contributed by atoms with Gasteiger partial charge in [-0.1, -0.05) is 44.6 Å². The number of nitrogens with zero attached hydrogens (tertiary/aromatic N) is 4. The fraction of sp³-hybridized carbons (Fsp3) is 0.286. The molecule has 10 nitrogen and oxygen atoms in total. The van der Waals surface area contributed by atoms with E-state index in [1.165, 1.54) is 19.1 Å². The van der Waals surface area contributed by atoms with Gasteiger partial charge in [0.15, 0.2) is 11.5 Å². The molecule has 0 spiro atoms. The summed E-state index contributed by atoms with van der Waals surface area (Å²) in [6.45, 7) is 10.5. The van der Waals surface area contributed by atoms with E-state index in [2.05, 4.69) is 42.3 Å². The first-order valence-electron chi connectivity index (χ1n) is 12.5. The number of carbonyl (C=O) groups is 2. The molecule has 12 heteroatoms. The van der Waals surface area contributed by atoms with Crippen LogP contribution >= 0.6 is 0 Å². The van der Waals surface area contributed by atoms with Gasteiger partial charge in [0.2, 0.25) is 5.91 Å². The van der Waals surface area contributed by atoms with Gasteiger partial charge >= 0.3 is 11.8 Å². The van der Waals surface area contributed by atoms with Gasteiger partial charge in [-0.3, -0.25) is 9.59 Å². The zero-order valence-electron chi connectivity index (χ0n) is 22.5. The van der Waals surface area contributed by atoms with Gasteiger partial charge in [0.1, 0.15) is 17.5 Å². The van der Waals surface area contributed by atoms with E-state index in [1.807, 2.05) is 20.8 Å². The molecule has 0 bridgehead atoms. The van der Waals surface area contributed by atoms with Crippen LogP contribution in [0.15, 0.2) is 59.5 Å². The quantitative estimate of drug-likeness (QED) is 0.262. The third-order valence-electron chi connectivity index (χ3n) is 5.98. The van der Waals surface area contributed by atoms with Crippen molar-refractivity contribution in [3.63, 3.8) is 0 Å². The number of fused-ring (bicyclic) bond motifs is 1. The van der Waals surface area contributed by atoms with Gasteiger partial charge in [-0.25, -0.2) is 18.7 Å². The van der Waals surface area contributed by atoms with Crippen molar-refractivity contribution in [2.45, 2.75) is 52.1 Å². The number of amides is 2. The number of rotatable bonds is 9. The molecule has 0 radical (unpaired) electrons. The Kier molecular flexibility index (Phi) is 8.17. The highest BCUT2D eigenvalue weighted by molar-refractivity contribution is 5.90. The molecule has 1 aromatic carbocycles. The van der Waals surface area contributed by atoms with Crippen molar-refractivity contribution >= 4 is 23.0 Å². The van der Waals surface area contributed by atoms with E-state index in [4.69, 9.17) is 4.52 Å². The number of allylic oxidation sites excluding steroid dienone is 1. The first-order valence-corrected chi connectivity index (χ1v) is 12.5. The van der Waals surface area contributed by atoms with Crippen molar-refractivity contribution < 1.29 is 22.9 Å². The van der Waals surface area contributed by atoms with Crippen LogP contribution in [-0.4, -0.2) is 42.9 Å². The molecule has 40 heavy (non-hydrogen) atoms. The van der Waals surface area contributed by atoms with Crippen molar-refractivity contribution in [3.8, 4) is 11.1 Å². The number of aromatic nitrogens is 5. The van der Waals surface area contributed by atoms with E-state index in [9.17, 15) is 14.0 Å². The van der Waals surface area contributed by atoms with Crippen LogP contribution in [0.1, 0.15) is 55.6 Å². The van der Waals surface area contributed by atoms with Gasteiger partial charge in [0.25, 0.3) is 0 Å². The molecule has 1 atom stereocenters. The monoisotopic (exact) mass is 549 g/mol. The van der Waals surface area contributed by atoms with Crippen molar-refractivity contribution in [3.05, 3.63) is 83.9 Å². The fourth-order valence-corrected chi connectivity index (χ4v) is 3.74. The van der Waals surface area contributed by atoms with Gasteiger partial charge in [0.05, 0.1) is 11.6 Å². The molecule has 3 aromatic heterocycles.